The van der Waals surface area contributed by atoms with Gasteiger partial charge in [-0.1, -0.05) is 23.2 Å². The fourth-order valence-corrected chi connectivity index (χ4v) is 3.62. The maximum Gasteiger partial charge on any atom is 0.240 e. The van der Waals surface area contributed by atoms with Crippen LogP contribution >= 0.6 is 23.2 Å². The zero-order valence-corrected chi connectivity index (χ0v) is 12.8. The summed E-state index contributed by atoms with van der Waals surface area (Å²) in [4.78, 5) is 11.0. The van der Waals surface area contributed by atoms with Crippen LogP contribution in [0.4, 0.5) is 0 Å². The second kappa shape index (κ2) is 5.89. The smallest absolute Gasteiger partial charge is 0.240 e. The van der Waals surface area contributed by atoms with Crippen LogP contribution in [0, 0.1) is 5.92 Å². The minimum absolute atomic E-state index is 0.00871. The Labute approximate surface area is 127 Å². The van der Waals surface area contributed by atoms with Gasteiger partial charge < -0.3 is 5.73 Å². The first-order valence-electron chi connectivity index (χ1n) is 6.05. The summed E-state index contributed by atoms with van der Waals surface area (Å²) in [5.41, 5.74) is 5.15. The molecule has 0 aromatic heterocycles. The highest BCUT2D eigenvalue weighted by atomic mass is 35.5. The highest BCUT2D eigenvalue weighted by Crippen LogP contribution is 2.35. The van der Waals surface area contributed by atoms with Crippen molar-refractivity contribution in [2.75, 3.05) is 0 Å². The van der Waals surface area contributed by atoms with Gasteiger partial charge in [0.15, 0.2) is 0 Å². The monoisotopic (exact) mass is 336 g/mol. The van der Waals surface area contributed by atoms with Crippen molar-refractivity contribution in [1.82, 2.24) is 4.72 Å². The molecule has 1 amide bonds. The Morgan fingerprint density at radius 1 is 1.35 bits per heavy atom. The standard InChI is InChI=1S/C12H14Cl2N2O3S/c13-9-4-3-8(5-10(9)14)20(18,19)16-11(6-12(15)17)7-1-2-7/h3-5,7,11,16H,1-2,6H2,(H2,15,17)/t11-/m1/s1. The minimum Gasteiger partial charge on any atom is -0.370 e. The van der Waals surface area contributed by atoms with Crippen molar-refractivity contribution in [3.8, 4) is 0 Å². The van der Waals surface area contributed by atoms with E-state index in [4.69, 9.17) is 28.9 Å². The van der Waals surface area contributed by atoms with Crippen LogP contribution in [0.5, 0.6) is 0 Å². The number of nitrogens with two attached hydrogens (primary N) is 1. The number of hydrogen-bond acceptors (Lipinski definition) is 3. The number of sulfonamides is 1. The summed E-state index contributed by atoms with van der Waals surface area (Å²) < 4.78 is 27.0. The number of halogens is 2. The molecule has 1 saturated carbocycles. The number of rotatable bonds is 6. The van der Waals surface area contributed by atoms with Crippen LogP contribution in [0.1, 0.15) is 19.3 Å². The zero-order chi connectivity index (χ0) is 14.9. The molecule has 1 aromatic carbocycles. The molecule has 1 aliphatic rings. The number of nitrogens with one attached hydrogen (secondary N) is 1. The van der Waals surface area contributed by atoms with E-state index in [1.165, 1.54) is 18.2 Å². The van der Waals surface area contributed by atoms with Gasteiger partial charge in [-0.2, -0.15) is 0 Å². The van der Waals surface area contributed by atoms with Gasteiger partial charge in [0.05, 0.1) is 14.9 Å². The van der Waals surface area contributed by atoms with Crippen LogP contribution in [-0.4, -0.2) is 20.4 Å². The van der Waals surface area contributed by atoms with Gasteiger partial charge in [-0.15, -0.1) is 0 Å². The van der Waals surface area contributed by atoms with Crippen molar-refractivity contribution in [3.05, 3.63) is 28.2 Å². The second-order valence-electron chi connectivity index (χ2n) is 4.81. The summed E-state index contributed by atoms with van der Waals surface area (Å²) in [6, 6.07) is 3.59. The van der Waals surface area contributed by atoms with E-state index < -0.39 is 22.0 Å². The van der Waals surface area contributed by atoms with Crippen molar-refractivity contribution >= 4 is 39.1 Å². The lowest BCUT2D eigenvalue weighted by molar-refractivity contribution is -0.118. The van der Waals surface area contributed by atoms with E-state index in [0.717, 1.165) is 12.8 Å². The van der Waals surface area contributed by atoms with Crippen LogP contribution < -0.4 is 10.5 Å². The van der Waals surface area contributed by atoms with Gasteiger partial charge >= 0.3 is 0 Å². The normalized spacial score (nSPS) is 16.9. The summed E-state index contributed by atoms with van der Waals surface area (Å²) in [7, 11) is -3.75. The Kier molecular flexibility index (Phi) is 4.59. The molecule has 3 N–H and O–H groups in total. The lowest BCUT2D eigenvalue weighted by Crippen LogP contribution is -2.39. The SMILES string of the molecule is NC(=O)C[C@@H](NS(=O)(=O)c1ccc(Cl)c(Cl)c1)C1CC1. The molecule has 1 fully saturated rings. The van der Waals surface area contributed by atoms with Crippen molar-refractivity contribution < 1.29 is 13.2 Å². The van der Waals surface area contributed by atoms with E-state index >= 15 is 0 Å². The molecule has 0 spiro atoms. The van der Waals surface area contributed by atoms with E-state index in [2.05, 4.69) is 4.72 Å². The van der Waals surface area contributed by atoms with Crippen LogP contribution in [0.2, 0.25) is 10.0 Å². The lowest BCUT2D eigenvalue weighted by Gasteiger charge is -2.17. The Morgan fingerprint density at radius 2 is 2.00 bits per heavy atom. The van der Waals surface area contributed by atoms with Crippen molar-refractivity contribution in [1.29, 1.82) is 0 Å². The molecule has 1 aliphatic carbocycles. The molecular weight excluding hydrogens is 323 g/mol. The van der Waals surface area contributed by atoms with Gasteiger partial charge in [-0.25, -0.2) is 13.1 Å². The van der Waals surface area contributed by atoms with Gasteiger partial charge in [0.2, 0.25) is 15.9 Å². The molecule has 0 heterocycles. The van der Waals surface area contributed by atoms with E-state index in [1.54, 1.807) is 0 Å². The molecule has 0 unspecified atom stereocenters. The summed E-state index contributed by atoms with van der Waals surface area (Å²) >= 11 is 11.6. The number of carbonyl (C=O) groups is 1. The molecular formula is C12H14Cl2N2O3S. The van der Waals surface area contributed by atoms with Crippen molar-refractivity contribution in [2.24, 2.45) is 11.7 Å². The molecule has 1 aromatic rings. The molecule has 0 radical (unpaired) electrons. The highest BCUT2D eigenvalue weighted by molar-refractivity contribution is 7.89. The summed E-state index contributed by atoms with van der Waals surface area (Å²) in [5.74, 6) is -0.362. The van der Waals surface area contributed by atoms with Crippen LogP contribution in [0.15, 0.2) is 23.1 Å². The van der Waals surface area contributed by atoms with E-state index in [9.17, 15) is 13.2 Å². The van der Waals surface area contributed by atoms with Gasteiger partial charge in [-0.05, 0) is 37.0 Å². The number of primary amides is 1. The second-order valence-corrected chi connectivity index (χ2v) is 7.34. The van der Waals surface area contributed by atoms with Crippen LogP contribution in [0.25, 0.3) is 0 Å². The summed E-state index contributed by atoms with van der Waals surface area (Å²) in [6.45, 7) is 0. The van der Waals surface area contributed by atoms with Gasteiger partial charge in [0.25, 0.3) is 0 Å². The Hall–Kier alpha value is -0.820. The number of benzene rings is 1. The molecule has 0 aliphatic heterocycles. The third-order valence-corrected chi connectivity index (χ3v) is 5.35. The van der Waals surface area contributed by atoms with Gasteiger partial charge in [0.1, 0.15) is 0 Å². The molecule has 1 atom stereocenters. The molecule has 5 nitrogen and oxygen atoms in total. The Bertz CT molecular complexity index is 630. The van der Waals surface area contributed by atoms with E-state index in [0.29, 0.717) is 0 Å². The average Bonchev–Trinajstić information content (AvgIpc) is 3.14. The maximum absolute atomic E-state index is 12.3. The highest BCUT2D eigenvalue weighted by Gasteiger charge is 2.35. The first-order valence-corrected chi connectivity index (χ1v) is 8.29. The summed E-state index contributed by atoms with van der Waals surface area (Å²) in [6.07, 6.45) is 1.77. The molecule has 20 heavy (non-hydrogen) atoms. The van der Waals surface area contributed by atoms with Gasteiger partial charge in [0, 0.05) is 12.5 Å². The van der Waals surface area contributed by atoms with Crippen LogP contribution in [-0.2, 0) is 14.8 Å². The van der Waals surface area contributed by atoms with Crippen LogP contribution in [0.3, 0.4) is 0 Å². The number of amides is 1. The topological polar surface area (TPSA) is 89.3 Å². The minimum atomic E-state index is -3.75. The fourth-order valence-electron chi connectivity index (χ4n) is 1.93. The molecule has 2 rings (SSSR count). The zero-order valence-electron chi connectivity index (χ0n) is 10.5. The first kappa shape index (κ1) is 15.6. The third-order valence-electron chi connectivity index (χ3n) is 3.12. The largest absolute Gasteiger partial charge is 0.370 e. The van der Waals surface area contributed by atoms with E-state index in [1.807, 2.05) is 0 Å². The first-order chi connectivity index (χ1) is 9.29. The molecule has 110 valence electrons. The number of hydrogen-bond donors (Lipinski definition) is 2. The third kappa shape index (κ3) is 3.85. The molecule has 8 heteroatoms. The van der Waals surface area contributed by atoms with E-state index in [-0.39, 0.29) is 27.3 Å². The van der Waals surface area contributed by atoms with Crippen molar-refractivity contribution in [2.45, 2.75) is 30.2 Å². The molecule has 0 bridgehead atoms. The number of carbonyl (C=O) groups excluding carboxylic acids is 1. The Balaban J connectivity index is 2.20. The predicted molar refractivity (Wildman–Crippen MR) is 77.1 cm³/mol. The lowest BCUT2D eigenvalue weighted by atomic mass is 10.1. The van der Waals surface area contributed by atoms with Crippen molar-refractivity contribution in [3.63, 3.8) is 0 Å². The summed E-state index contributed by atoms with van der Waals surface area (Å²) in [5, 5.41) is 0.439. The fraction of sp³-hybridized carbons (Fsp3) is 0.417. The van der Waals surface area contributed by atoms with Gasteiger partial charge in [-0.3, -0.25) is 4.79 Å². The average molecular weight is 337 g/mol. The maximum atomic E-state index is 12.3. The predicted octanol–water partition coefficient (Wildman–Crippen LogP) is 1.93. The Morgan fingerprint density at radius 3 is 2.50 bits per heavy atom. The molecule has 0 saturated heterocycles. The quantitative estimate of drug-likeness (QED) is 0.831.